The standard InChI is InChI=1S/C17H16O2/c1-19-16-8-4-7-14(11-16)17(18)15-9-12-5-2-3-6-13(12)10-15/h2-8,11,15H,9-10H2,1H3. The Balaban J connectivity index is 1.83. The summed E-state index contributed by atoms with van der Waals surface area (Å²) in [6.45, 7) is 0. The maximum absolute atomic E-state index is 12.5. The van der Waals surface area contributed by atoms with Gasteiger partial charge in [-0.15, -0.1) is 0 Å². The highest BCUT2D eigenvalue weighted by molar-refractivity contribution is 5.98. The Bertz CT molecular complexity index is 591. The van der Waals surface area contributed by atoms with Gasteiger partial charge < -0.3 is 4.74 Å². The van der Waals surface area contributed by atoms with Gasteiger partial charge in [0.25, 0.3) is 0 Å². The molecule has 0 aliphatic heterocycles. The Morgan fingerprint density at radius 1 is 1.05 bits per heavy atom. The molecule has 1 aliphatic rings. The summed E-state index contributed by atoms with van der Waals surface area (Å²) in [4.78, 5) is 12.5. The summed E-state index contributed by atoms with van der Waals surface area (Å²) in [5.74, 6) is 1.03. The third-order valence-electron chi connectivity index (χ3n) is 3.78. The van der Waals surface area contributed by atoms with Crippen LogP contribution in [0.3, 0.4) is 0 Å². The number of carbonyl (C=O) groups excluding carboxylic acids is 1. The van der Waals surface area contributed by atoms with E-state index >= 15 is 0 Å². The number of Topliss-reactive ketones (excluding diaryl/α,β-unsaturated/α-hetero) is 1. The third-order valence-corrected chi connectivity index (χ3v) is 3.78. The molecule has 0 heterocycles. The van der Waals surface area contributed by atoms with Gasteiger partial charge in [0.1, 0.15) is 5.75 Å². The van der Waals surface area contributed by atoms with Crippen LogP contribution in [0.1, 0.15) is 21.5 Å². The van der Waals surface area contributed by atoms with Gasteiger partial charge in [-0.2, -0.15) is 0 Å². The Kier molecular flexibility index (Phi) is 3.08. The minimum atomic E-state index is 0.0736. The fourth-order valence-electron chi connectivity index (χ4n) is 2.76. The zero-order chi connectivity index (χ0) is 13.2. The van der Waals surface area contributed by atoms with Crippen LogP contribution in [0.4, 0.5) is 0 Å². The van der Waals surface area contributed by atoms with Gasteiger partial charge in [-0.25, -0.2) is 0 Å². The first-order chi connectivity index (χ1) is 9.28. The summed E-state index contributed by atoms with van der Waals surface area (Å²) >= 11 is 0. The van der Waals surface area contributed by atoms with E-state index in [1.165, 1.54) is 11.1 Å². The Labute approximate surface area is 113 Å². The van der Waals surface area contributed by atoms with Crippen molar-refractivity contribution in [1.29, 1.82) is 0 Å². The maximum Gasteiger partial charge on any atom is 0.166 e. The summed E-state index contributed by atoms with van der Waals surface area (Å²) in [7, 11) is 1.62. The second kappa shape index (κ2) is 4.88. The lowest BCUT2D eigenvalue weighted by Gasteiger charge is -2.09. The van der Waals surface area contributed by atoms with Crippen molar-refractivity contribution in [2.24, 2.45) is 5.92 Å². The second-order valence-corrected chi connectivity index (χ2v) is 4.97. The molecule has 0 saturated heterocycles. The van der Waals surface area contributed by atoms with Crippen molar-refractivity contribution in [3.05, 3.63) is 65.2 Å². The fraction of sp³-hybridized carbons (Fsp3) is 0.235. The average molecular weight is 252 g/mol. The number of ether oxygens (including phenoxy) is 1. The molecule has 0 atom stereocenters. The van der Waals surface area contributed by atoms with Gasteiger partial charge >= 0.3 is 0 Å². The molecule has 0 unspecified atom stereocenters. The van der Waals surface area contributed by atoms with E-state index in [4.69, 9.17) is 4.74 Å². The van der Waals surface area contributed by atoms with Crippen molar-refractivity contribution in [3.8, 4) is 5.75 Å². The van der Waals surface area contributed by atoms with E-state index in [1.807, 2.05) is 36.4 Å². The quantitative estimate of drug-likeness (QED) is 0.783. The summed E-state index contributed by atoms with van der Waals surface area (Å²) in [6.07, 6.45) is 1.71. The van der Waals surface area contributed by atoms with E-state index in [9.17, 15) is 4.79 Å². The maximum atomic E-state index is 12.5. The molecule has 0 spiro atoms. The molecular formula is C17H16O2. The molecular weight excluding hydrogens is 236 g/mol. The molecule has 96 valence electrons. The van der Waals surface area contributed by atoms with Gasteiger partial charge in [-0.3, -0.25) is 4.79 Å². The van der Waals surface area contributed by atoms with Gasteiger partial charge in [-0.1, -0.05) is 36.4 Å². The number of fused-ring (bicyclic) bond motifs is 1. The van der Waals surface area contributed by atoms with Crippen molar-refractivity contribution in [1.82, 2.24) is 0 Å². The zero-order valence-corrected chi connectivity index (χ0v) is 10.9. The highest BCUT2D eigenvalue weighted by Crippen LogP contribution is 2.29. The number of hydrogen-bond donors (Lipinski definition) is 0. The normalized spacial score (nSPS) is 14.2. The summed E-state index contributed by atoms with van der Waals surface area (Å²) in [6, 6.07) is 15.7. The van der Waals surface area contributed by atoms with E-state index in [0.717, 1.165) is 24.2 Å². The van der Waals surface area contributed by atoms with Crippen molar-refractivity contribution in [3.63, 3.8) is 0 Å². The van der Waals surface area contributed by atoms with Gasteiger partial charge in [0, 0.05) is 11.5 Å². The van der Waals surface area contributed by atoms with Crippen LogP contribution in [0.2, 0.25) is 0 Å². The summed E-state index contributed by atoms with van der Waals surface area (Å²) in [5, 5.41) is 0. The first-order valence-corrected chi connectivity index (χ1v) is 6.53. The molecule has 0 fully saturated rings. The third kappa shape index (κ3) is 2.26. The summed E-state index contributed by atoms with van der Waals surface area (Å²) in [5.41, 5.74) is 3.37. The second-order valence-electron chi connectivity index (χ2n) is 4.97. The van der Waals surface area contributed by atoms with Crippen molar-refractivity contribution in [2.75, 3.05) is 7.11 Å². The van der Waals surface area contributed by atoms with Gasteiger partial charge in [0.2, 0.25) is 0 Å². The van der Waals surface area contributed by atoms with Gasteiger partial charge in [0.05, 0.1) is 7.11 Å². The minimum absolute atomic E-state index is 0.0736. The lowest BCUT2D eigenvalue weighted by molar-refractivity contribution is 0.0924. The Morgan fingerprint density at radius 3 is 2.37 bits per heavy atom. The highest BCUT2D eigenvalue weighted by atomic mass is 16.5. The molecule has 2 aromatic rings. The van der Waals surface area contributed by atoms with Crippen LogP contribution in [0.25, 0.3) is 0 Å². The van der Waals surface area contributed by atoms with Crippen LogP contribution in [0.5, 0.6) is 5.75 Å². The molecule has 19 heavy (non-hydrogen) atoms. The number of hydrogen-bond acceptors (Lipinski definition) is 2. The van der Waals surface area contributed by atoms with Gasteiger partial charge in [0.15, 0.2) is 5.78 Å². The lowest BCUT2D eigenvalue weighted by atomic mass is 9.95. The molecule has 2 heteroatoms. The highest BCUT2D eigenvalue weighted by Gasteiger charge is 2.27. The SMILES string of the molecule is COc1cccc(C(=O)C2Cc3ccccc3C2)c1. The first-order valence-electron chi connectivity index (χ1n) is 6.53. The number of rotatable bonds is 3. The molecule has 0 aromatic heterocycles. The molecule has 0 bridgehead atoms. The molecule has 0 saturated carbocycles. The fourth-order valence-corrected chi connectivity index (χ4v) is 2.76. The number of benzene rings is 2. The molecule has 0 amide bonds. The predicted molar refractivity (Wildman–Crippen MR) is 74.7 cm³/mol. The van der Waals surface area contributed by atoms with Crippen LogP contribution in [0, 0.1) is 5.92 Å². The van der Waals surface area contributed by atoms with E-state index in [1.54, 1.807) is 7.11 Å². The largest absolute Gasteiger partial charge is 0.497 e. The van der Waals surface area contributed by atoms with Crippen LogP contribution >= 0.6 is 0 Å². The monoisotopic (exact) mass is 252 g/mol. The van der Waals surface area contributed by atoms with Crippen LogP contribution in [-0.2, 0) is 12.8 Å². The van der Waals surface area contributed by atoms with Crippen molar-refractivity contribution >= 4 is 5.78 Å². The van der Waals surface area contributed by atoms with E-state index < -0.39 is 0 Å². The molecule has 2 nitrogen and oxygen atoms in total. The van der Waals surface area contributed by atoms with Crippen molar-refractivity contribution in [2.45, 2.75) is 12.8 Å². The van der Waals surface area contributed by atoms with E-state index in [2.05, 4.69) is 12.1 Å². The topological polar surface area (TPSA) is 26.3 Å². The minimum Gasteiger partial charge on any atom is -0.497 e. The molecule has 0 radical (unpaired) electrons. The van der Waals surface area contributed by atoms with Crippen LogP contribution in [-0.4, -0.2) is 12.9 Å². The molecule has 0 N–H and O–H groups in total. The number of carbonyl (C=O) groups is 1. The van der Waals surface area contributed by atoms with Gasteiger partial charge in [-0.05, 0) is 36.1 Å². The van der Waals surface area contributed by atoms with E-state index in [0.29, 0.717) is 0 Å². The molecule has 2 aromatic carbocycles. The summed E-state index contributed by atoms with van der Waals surface area (Å²) < 4.78 is 5.18. The Morgan fingerprint density at radius 2 is 1.74 bits per heavy atom. The van der Waals surface area contributed by atoms with Crippen molar-refractivity contribution < 1.29 is 9.53 Å². The van der Waals surface area contributed by atoms with E-state index in [-0.39, 0.29) is 11.7 Å². The van der Waals surface area contributed by atoms with Crippen LogP contribution in [0.15, 0.2) is 48.5 Å². The predicted octanol–water partition coefficient (Wildman–Crippen LogP) is 3.29. The smallest absolute Gasteiger partial charge is 0.166 e. The average Bonchev–Trinajstić information content (AvgIpc) is 2.90. The molecule has 1 aliphatic carbocycles. The number of methoxy groups -OCH3 is 1. The van der Waals surface area contributed by atoms with Crippen LogP contribution < -0.4 is 4.74 Å². The Hall–Kier alpha value is -2.09. The zero-order valence-electron chi connectivity index (χ0n) is 10.9. The first kappa shape index (κ1) is 12.0. The lowest BCUT2D eigenvalue weighted by Crippen LogP contribution is -2.14. The molecule has 3 rings (SSSR count). The number of ketones is 1.